The molecule has 1 aromatic carbocycles. The van der Waals surface area contributed by atoms with Gasteiger partial charge in [-0.3, -0.25) is 10.1 Å². The Morgan fingerprint density at radius 1 is 1.50 bits per heavy atom. The van der Waals surface area contributed by atoms with Gasteiger partial charge in [-0.25, -0.2) is 0 Å². The molecule has 0 bridgehead atoms. The Hall–Kier alpha value is -1.86. The highest BCUT2D eigenvalue weighted by Gasteiger charge is 2.12. The summed E-state index contributed by atoms with van der Waals surface area (Å²) < 4.78 is 0. The Balaban J connectivity index is 2.54. The van der Waals surface area contributed by atoms with Crippen molar-refractivity contribution in [3.05, 3.63) is 39.9 Å². The summed E-state index contributed by atoms with van der Waals surface area (Å²) in [5.41, 5.74) is 0.911. The van der Waals surface area contributed by atoms with Gasteiger partial charge in [-0.15, -0.1) is 6.42 Å². The lowest BCUT2D eigenvalue weighted by Gasteiger charge is -2.11. The summed E-state index contributed by atoms with van der Waals surface area (Å²) in [7, 11) is 0. The van der Waals surface area contributed by atoms with Crippen molar-refractivity contribution in [3.8, 4) is 12.3 Å². The quantitative estimate of drug-likeness (QED) is 0.457. The van der Waals surface area contributed by atoms with Crippen LogP contribution in [0.25, 0.3) is 0 Å². The first kappa shape index (κ1) is 14.2. The smallest absolute Gasteiger partial charge is 0.272 e. The number of hydrogen-bond acceptors (Lipinski definition) is 3. The molecule has 0 heterocycles. The third kappa shape index (κ3) is 4.19. The van der Waals surface area contributed by atoms with Crippen molar-refractivity contribution in [2.45, 2.75) is 32.2 Å². The zero-order chi connectivity index (χ0) is 13.4. The molecule has 18 heavy (non-hydrogen) atoms. The molecule has 0 aliphatic carbocycles. The minimum absolute atomic E-state index is 0.0535. The molecule has 4 nitrogen and oxygen atoms in total. The fourth-order valence-electron chi connectivity index (χ4n) is 1.81. The maximum atomic E-state index is 10.8. The molecule has 1 unspecified atom stereocenters. The predicted molar refractivity (Wildman–Crippen MR) is 72.3 cm³/mol. The van der Waals surface area contributed by atoms with Crippen molar-refractivity contribution in [2.24, 2.45) is 0 Å². The van der Waals surface area contributed by atoms with Gasteiger partial charge in [-0.1, -0.05) is 37.5 Å². The molecule has 4 heteroatoms. The zero-order valence-corrected chi connectivity index (χ0v) is 10.6. The number of nitrogens with zero attached hydrogens (tertiary/aromatic N) is 1. The van der Waals surface area contributed by atoms with Crippen LogP contribution in [0.3, 0.4) is 0 Å². The summed E-state index contributed by atoms with van der Waals surface area (Å²) >= 11 is 0. The van der Waals surface area contributed by atoms with Crippen LogP contribution < -0.4 is 5.32 Å². The van der Waals surface area contributed by atoms with E-state index in [1.807, 2.05) is 6.07 Å². The van der Waals surface area contributed by atoms with E-state index in [0.29, 0.717) is 13.0 Å². The fourth-order valence-corrected chi connectivity index (χ4v) is 1.81. The van der Waals surface area contributed by atoms with E-state index in [9.17, 15) is 10.1 Å². The molecule has 1 aromatic rings. The van der Waals surface area contributed by atoms with Crippen LogP contribution >= 0.6 is 0 Å². The lowest BCUT2D eigenvalue weighted by atomic mass is 10.1. The SMILES string of the molecule is C#CC(CCC)NCCc1ccccc1[N+](=O)[O-]. The molecule has 1 rings (SSSR count). The van der Waals surface area contributed by atoms with E-state index in [2.05, 4.69) is 18.2 Å². The molecule has 0 aliphatic heterocycles. The Kier molecular flexibility index (Phi) is 5.89. The van der Waals surface area contributed by atoms with Gasteiger partial charge in [0, 0.05) is 18.2 Å². The highest BCUT2D eigenvalue weighted by molar-refractivity contribution is 5.39. The zero-order valence-electron chi connectivity index (χ0n) is 10.6. The molecule has 0 aromatic heterocycles. The van der Waals surface area contributed by atoms with Gasteiger partial charge >= 0.3 is 0 Å². The van der Waals surface area contributed by atoms with Gasteiger partial charge in [0.1, 0.15) is 0 Å². The molecular weight excluding hydrogens is 228 g/mol. The van der Waals surface area contributed by atoms with Gasteiger partial charge < -0.3 is 5.32 Å². The van der Waals surface area contributed by atoms with Crippen molar-refractivity contribution in [1.82, 2.24) is 5.32 Å². The number of hydrogen-bond donors (Lipinski definition) is 1. The first-order valence-electron chi connectivity index (χ1n) is 6.10. The first-order valence-corrected chi connectivity index (χ1v) is 6.10. The third-order valence-electron chi connectivity index (χ3n) is 2.75. The van der Waals surface area contributed by atoms with Gasteiger partial charge in [-0.2, -0.15) is 0 Å². The van der Waals surface area contributed by atoms with Crippen molar-refractivity contribution < 1.29 is 4.92 Å². The summed E-state index contributed by atoms with van der Waals surface area (Å²) in [6.07, 6.45) is 7.95. The second-order valence-corrected chi connectivity index (χ2v) is 4.10. The van der Waals surface area contributed by atoms with E-state index in [-0.39, 0.29) is 16.7 Å². The monoisotopic (exact) mass is 246 g/mol. The maximum Gasteiger partial charge on any atom is 0.272 e. The summed E-state index contributed by atoms with van der Waals surface area (Å²) in [6.45, 7) is 2.73. The summed E-state index contributed by atoms with van der Waals surface area (Å²) in [6, 6.07) is 6.85. The summed E-state index contributed by atoms with van der Waals surface area (Å²) in [5, 5.41) is 14.1. The van der Waals surface area contributed by atoms with Crippen molar-refractivity contribution in [1.29, 1.82) is 0 Å². The van der Waals surface area contributed by atoms with Gasteiger partial charge in [0.2, 0.25) is 0 Å². The van der Waals surface area contributed by atoms with E-state index in [1.165, 1.54) is 6.07 Å². The summed E-state index contributed by atoms with van der Waals surface area (Å²) in [5.74, 6) is 2.68. The molecule has 0 fully saturated rings. The minimum atomic E-state index is -0.347. The molecule has 96 valence electrons. The Morgan fingerprint density at radius 3 is 2.83 bits per heavy atom. The Labute approximate surface area is 108 Å². The van der Waals surface area contributed by atoms with E-state index >= 15 is 0 Å². The normalized spacial score (nSPS) is 11.8. The largest absolute Gasteiger partial charge is 0.303 e. The van der Waals surface area contributed by atoms with Crippen LogP contribution in [-0.2, 0) is 6.42 Å². The highest BCUT2D eigenvalue weighted by atomic mass is 16.6. The van der Waals surface area contributed by atoms with Crippen LogP contribution in [0.2, 0.25) is 0 Å². The molecule has 0 radical (unpaired) electrons. The molecular formula is C14H18N2O2. The second kappa shape index (κ2) is 7.46. The van der Waals surface area contributed by atoms with Gasteiger partial charge in [0.25, 0.3) is 5.69 Å². The molecule has 1 atom stereocenters. The fraction of sp³-hybridized carbons (Fsp3) is 0.429. The van der Waals surface area contributed by atoms with Crippen LogP contribution in [-0.4, -0.2) is 17.5 Å². The van der Waals surface area contributed by atoms with Crippen LogP contribution in [0.4, 0.5) is 5.69 Å². The number of terminal acetylenes is 1. The standard InChI is InChI=1S/C14H18N2O2/c1-3-7-13(4-2)15-11-10-12-8-5-6-9-14(12)16(17)18/h2,5-6,8-9,13,15H,3,7,10-11H2,1H3. The van der Waals surface area contributed by atoms with Crippen LogP contribution in [0.5, 0.6) is 0 Å². The van der Waals surface area contributed by atoms with Crippen LogP contribution in [0.15, 0.2) is 24.3 Å². The predicted octanol–water partition coefficient (Wildman–Crippen LogP) is 2.53. The average Bonchev–Trinajstić information content (AvgIpc) is 2.38. The number of nitrogens with one attached hydrogen (secondary N) is 1. The van der Waals surface area contributed by atoms with E-state index in [1.54, 1.807) is 12.1 Å². The average molecular weight is 246 g/mol. The van der Waals surface area contributed by atoms with E-state index < -0.39 is 0 Å². The minimum Gasteiger partial charge on any atom is -0.303 e. The molecule has 0 spiro atoms. The van der Waals surface area contributed by atoms with Gasteiger partial charge in [-0.05, 0) is 12.8 Å². The van der Waals surface area contributed by atoms with E-state index in [4.69, 9.17) is 6.42 Å². The number of rotatable bonds is 7. The van der Waals surface area contributed by atoms with Crippen LogP contribution in [0, 0.1) is 22.5 Å². The molecule has 1 N–H and O–H groups in total. The van der Waals surface area contributed by atoms with E-state index in [0.717, 1.165) is 18.4 Å². The first-order chi connectivity index (χ1) is 8.69. The molecule has 0 saturated carbocycles. The number of nitro benzene ring substituents is 1. The topological polar surface area (TPSA) is 55.2 Å². The number of para-hydroxylation sites is 1. The lowest BCUT2D eigenvalue weighted by Crippen LogP contribution is -2.29. The Bertz CT molecular complexity index is 438. The van der Waals surface area contributed by atoms with Crippen molar-refractivity contribution in [2.75, 3.05) is 6.54 Å². The molecule has 0 aliphatic rings. The second-order valence-electron chi connectivity index (χ2n) is 4.10. The lowest BCUT2D eigenvalue weighted by molar-refractivity contribution is -0.385. The summed E-state index contributed by atoms with van der Waals surface area (Å²) in [4.78, 5) is 10.5. The molecule has 0 amide bonds. The molecule has 0 saturated heterocycles. The van der Waals surface area contributed by atoms with Gasteiger partial charge in [0.05, 0.1) is 11.0 Å². The van der Waals surface area contributed by atoms with Crippen molar-refractivity contribution in [3.63, 3.8) is 0 Å². The van der Waals surface area contributed by atoms with Gasteiger partial charge in [0.15, 0.2) is 0 Å². The highest BCUT2D eigenvalue weighted by Crippen LogP contribution is 2.17. The number of nitro groups is 1. The van der Waals surface area contributed by atoms with Crippen LogP contribution in [0.1, 0.15) is 25.3 Å². The third-order valence-corrected chi connectivity index (χ3v) is 2.75. The number of benzene rings is 1. The maximum absolute atomic E-state index is 10.8. The van der Waals surface area contributed by atoms with Crippen molar-refractivity contribution >= 4 is 5.69 Å². The Morgan fingerprint density at radius 2 is 2.22 bits per heavy atom.